The van der Waals surface area contributed by atoms with Crippen molar-refractivity contribution in [3.63, 3.8) is 0 Å². The summed E-state index contributed by atoms with van der Waals surface area (Å²) in [6.45, 7) is 7.77. The van der Waals surface area contributed by atoms with E-state index >= 15 is 0 Å². The van der Waals surface area contributed by atoms with Gasteiger partial charge in [0.1, 0.15) is 17.6 Å². The molecule has 4 heteroatoms. The molecule has 0 aromatic carbocycles. The highest BCUT2D eigenvalue weighted by atomic mass is 16.5. The number of nitrogens with zero attached hydrogens (tertiary/aromatic N) is 2. The number of aryl methyl sites for hydroxylation is 2. The van der Waals surface area contributed by atoms with Crippen molar-refractivity contribution in [1.29, 1.82) is 0 Å². The number of aromatic nitrogens is 2. The molecule has 1 aliphatic rings. The minimum atomic E-state index is -0.352. The first-order valence-electron chi connectivity index (χ1n) is 5.54. The summed E-state index contributed by atoms with van der Waals surface area (Å²) in [5.41, 5.74) is 1.54. The number of hydrogen-bond acceptors (Lipinski definition) is 3. The van der Waals surface area contributed by atoms with Gasteiger partial charge in [-0.1, -0.05) is 0 Å². The molecule has 0 N–H and O–H groups in total. The summed E-state index contributed by atoms with van der Waals surface area (Å²) in [6, 6.07) is 0. The summed E-state index contributed by atoms with van der Waals surface area (Å²) in [7, 11) is 1.90. The van der Waals surface area contributed by atoms with E-state index in [0.29, 0.717) is 6.42 Å². The third-order valence-electron chi connectivity index (χ3n) is 3.60. The second kappa shape index (κ2) is 3.34. The molecule has 1 aromatic heterocycles. The Morgan fingerprint density at radius 3 is 2.44 bits per heavy atom. The lowest BCUT2D eigenvalue weighted by molar-refractivity contribution is -0.148. The fourth-order valence-corrected chi connectivity index (χ4v) is 1.99. The third kappa shape index (κ3) is 1.44. The normalized spacial score (nSPS) is 23.1. The van der Waals surface area contributed by atoms with Crippen LogP contribution in [0.4, 0.5) is 0 Å². The van der Waals surface area contributed by atoms with E-state index in [1.54, 1.807) is 4.68 Å². The predicted molar refractivity (Wildman–Crippen MR) is 60.5 cm³/mol. The molecule has 0 aliphatic heterocycles. The number of hydrogen-bond donors (Lipinski definition) is 0. The van der Waals surface area contributed by atoms with Gasteiger partial charge in [-0.3, -0.25) is 9.48 Å². The molecule has 0 saturated heterocycles. The number of carbonyl (C=O) groups is 1. The molecule has 16 heavy (non-hydrogen) atoms. The molecule has 0 radical (unpaired) electrons. The van der Waals surface area contributed by atoms with E-state index in [1.165, 1.54) is 0 Å². The summed E-state index contributed by atoms with van der Waals surface area (Å²) in [5.74, 6) is 1.10. The Hall–Kier alpha value is -1.32. The highest BCUT2D eigenvalue weighted by Gasteiger charge is 2.49. The summed E-state index contributed by atoms with van der Waals surface area (Å²) in [6.07, 6.45) is 0.502. The van der Waals surface area contributed by atoms with Crippen molar-refractivity contribution in [3.05, 3.63) is 11.4 Å². The van der Waals surface area contributed by atoms with Gasteiger partial charge in [-0.2, -0.15) is 5.10 Å². The SMILES string of the molecule is Cc1nn(C)c(C)c1OC1CC(=O)C1(C)C. The lowest BCUT2D eigenvalue weighted by atomic mass is 9.68. The van der Waals surface area contributed by atoms with E-state index in [2.05, 4.69) is 5.10 Å². The number of carbonyl (C=O) groups excluding carboxylic acids is 1. The Morgan fingerprint density at radius 1 is 1.44 bits per heavy atom. The standard InChI is InChI=1S/C12H18N2O2/c1-7-11(8(2)14(5)13-7)16-10-6-9(15)12(10,3)4/h10H,6H2,1-5H3. The molecule has 0 bridgehead atoms. The van der Waals surface area contributed by atoms with Crippen LogP contribution >= 0.6 is 0 Å². The first-order chi connectivity index (χ1) is 7.34. The lowest BCUT2D eigenvalue weighted by Gasteiger charge is -2.41. The van der Waals surface area contributed by atoms with Crippen LogP contribution in [0.15, 0.2) is 0 Å². The Kier molecular flexibility index (Phi) is 2.33. The van der Waals surface area contributed by atoms with Gasteiger partial charge in [-0.25, -0.2) is 0 Å². The van der Waals surface area contributed by atoms with Crippen LogP contribution < -0.4 is 4.74 Å². The molecule has 1 aromatic rings. The Morgan fingerprint density at radius 2 is 2.06 bits per heavy atom. The van der Waals surface area contributed by atoms with Crippen molar-refractivity contribution in [2.45, 2.75) is 40.2 Å². The second-order valence-corrected chi connectivity index (χ2v) is 5.08. The third-order valence-corrected chi connectivity index (χ3v) is 3.60. The summed E-state index contributed by atoms with van der Waals surface area (Å²) < 4.78 is 7.72. The Balaban J connectivity index is 2.20. The van der Waals surface area contributed by atoms with E-state index < -0.39 is 0 Å². The van der Waals surface area contributed by atoms with Gasteiger partial charge in [0.2, 0.25) is 0 Å². The molecule has 4 nitrogen and oxygen atoms in total. The summed E-state index contributed by atoms with van der Waals surface area (Å²) in [4.78, 5) is 11.4. The molecular formula is C12H18N2O2. The second-order valence-electron chi connectivity index (χ2n) is 5.08. The van der Waals surface area contributed by atoms with E-state index in [0.717, 1.165) is 17.1 Å². The first-order valence-corrected chi connectivity index (χ1v) is 5.54. The van der Waals surface area contributed by atoms with Crippen LogP contribution in [0.5, 0.6) is 5.75 Å². The molecule has 1 saturated carbocycles. The van der Waals surface area contributed by atoms with E-state index in [-0.39, 0.29) is 17.3 Å². The van der Waals surface area contributed by atoms with Crippen LogP contribution in [0.3, 0.4) is 0 Å². The van der Waals surface area contributed by atoms with Gasteiger partial charge < -0.3 is 4.74 Å². The number of ether oxygens (including phenoxy) is 1. The molecule has 88 valence electrons. The first kappa shape index (κ1) is 11.2. The lowest BCUT2D eigenvalue weighted by Crippen LogP contribution is -2.53. The van der Waals surface area contributed by atoms with Crippen LogP contribution in [0.25, 0.3) is 0 Å². The minimum Gasteiger partial charge on any atom is -0.485 e. The maximum absolute atomic E-state index is 11.4. The molecule has 1 aliphatic carbocycles. The van der Waals surface area contributed by atoms with Crippen LogP contribution in [-0.4, -0.2) is 21.7 Å². The zero-order valence-electron chi connectivity index (χ0n) is 10.5. The van der Waals surface area contributed by atoms with Gasteiger partial charge in [0, 0.05) is 13.5 Å². The maximum atomic E-state index is 11.4. The number of Topliss-reactive ketones (excluding diaryl/α,β-unsaturated/α-hetero) is 1. The molecule has 1 unspecified atom stereocenters. The Bertz CT molecular complexity index is 446. The van der Waals surface area contributed by atoms with Gasteiger partial charge >= 0.3 is 0 Å². The van der Waals surface area contributed by atoms with E-state index in [1.807, 2.05) is 34.7 Å². The van der Waals surface area contributed by atoms with Crippen molar-refractivity contribution in [2.24, 2.45) is 12.5 Å². The van der Waals surface area contributed by atoms with Crippen LogP contribution in [0.1, 0.15) is 31.7 Å². The van der Waals surface area contributed by atoms with Crippen molar-refractivity contribution >= 4 is 5.78 Å². The molecule has 1 heterocycles. The monoisotopic (exact) mass is 222 g/mol. The number of rotatable bonds is 2. The van der Waals surface area contributed by atoms with Crippen molar-refractivity contribution in [1.82, 2.24) is 9.78 Å². The van der Waals surface area contributed by atoms with Gasteiger partial charge in [-0.05, 0) is 27.7 Å². The maximum Gasteiger partial charge on any atom is 0.163 e. The van der Waals surface area contributed by atoms with Crippen molar-refractivity contribution in [2.75, 3.05) is 0 Å². The zero-order valence-corrected chi connectivity index (χ0v) is 10.5. The summed E-state index contributed by atoms with van der Waals surface area (Å²) in [5, 5.41) is 4.30. The van der Waals surface area contributed by atoms with Gasteiger partial charge in [0.15, 0.2) is 5.75 Å². The minimum absolute atomic E-state index is 0.0124. The summed E-state index contributed by atoms with van der Waals surface area (Å²) >= 11 is 0. The van der Waals surface area contributed by atoms with Crippen LogP contribution in [-0.2, 0) is 11.8 Å². The molecule has 0 amide bonds. The van der Waals surface area contributed by atoms with Gasteiger partial charge in [-0.15, -0.1) is 0 Å². The highest BCUT2D eigenvalue weighted by molar-refractivity contribution is 5.91. The van der Waals surface area contributed by atoms with Crippen molar-refractivity contribution < 1.29 is 9.53 Å². The quantitative estimate of drug-likeness (QED) is 0.766. The predicted octanol–water partition coefficient (Wildman–Crippen LogP) is 1.78. The Labute approximate surface area is 95.6 Å². The largest absolute Gasteiger partial charge is 0.485 e. The zero-order chi connectivity index (χ0) is 12.1. The highest BCUT2D eigenvalue weighted by Crippen LogP contribution is 2.40. The van der Waals surface area contributed by atoms with Crippen LogP contribution in [0, 0.1) is 19.3 Å². The van der Waals surface area contributed by atoms with Crippen molar-refractivity contribution in [3.8, 4) is 5.75 Å². The van der Waals surface area contributed by atoms with Gasteiger partial charge in [0.05, 0.1) is 11.1 Å². The van der Waals surface area contributed by atoms with Crippen LogP contribution in [0.2, 0.25) is 0 Å². The number of ketones is 1. The molecule has 2 rings (SSSR count). The topological polar surface area (TPSA) is 44.1 Å². The van der Waals surface area contributed by atoms with E-state index in [9.17, 15) is 4.79 Å². The molecule has 0 spiro atoms. The van der Waals surface area contributed by atoms with E-state index in [4.69, 9.17) is 4.74 Å². The van der Waals surface area contributed by atoms with Gasteiger partial charge in [0.25, 0.3) is 0 Å². The fourth-order valence-electron chi connectivity index (χ4n) is 1.99. The molecule has 1 atom stereocenters. The molecular weight excluding hydrogens is 204 g/mol. The average molecular weight is 222 g/mol. The fraction of sp³-hybridized carbons (Fsp3) is 0.667. The average Bonchev–Trinajstić information content (AvgIpc) is 2.44. The smallest absolute Gasteiger partial charge is 0.163 e. The molecule has 1 fully saturated rings.